The fourth-order valence-corrected chi connectivity index (χ4v) is 3.23. The van der Waals surface area contributed by atoms with Crippen LogP contribution in [-0.2, 0) is 13.0 Å². The van der Waals surface area contributed by atoms with Crippen LogP contribution < -0.4 is 10.6 Å². The van der Waals surface area contributed by atoms with Crippen LogP contribution in [0.5, 0.6) is 0 Å². The summed E-state index contributed by atoms with van der Waals surface area (Å²) < 4.78 is 14.3. The lowest BCUT2D eigenvalue weighted by Gasteiger charge is -2.13. The molecule has 4 aromatic rings. The van der Waals surface area contributed by atoms with Gasteiger partial charge in [0.1, 0.15) is 11.6 Å². The van der Waals surface area contributed by atoms with Crippen molar-refractivity contribution in [2.45, 2.75) is 13.0 Å². The van der Waals surface area contributed by atoms with Crippen molar-refractivity contribution in [3.05, 3.63) is 108 Å². The summed E-state index contributed by atoms with van der Waals surface area (Å²) in [4.78, 5) is 25.8. The third-order valence-electron chi connectivity index (χ3n) is 4.87. The Morgan fingerprint density at radius 2 is 1.81 bits per heavy atom. The molecule has 0 saturated heterocycles. The van der Waals surface area contributed by atoms with E-state index in [9.17, 15) is 9.18 Å². The topological polar surface area (TPSA) is 79.8 Å². The van der Waals surface area contributed by atoms with Gasteiger partial charge in [-0.15, -0.1) is 0 Å². The van der Waals surface area contributed by atoms with Gasteiger partial charge in [-0.1, -0.05) is 24.3 Å². The molecule has 1 aromatic carbocycles. The SMILES string of the molecule is O=C(NCc1cccnc1)c1ccc(-c2ccccc2F)nc1NCCc1ccccn1. The number of hydrogen-bond acceptors (Lipinski definition) is 5. The maximum atomic E-state index is 14.3. The van der Waals surface area contributed by atoms with Gasteiger partial charge in [0.2, 0.25) is 0 Å². The van der Waals surface area contributed by atoms with E-state index in [0.29, 0.717) is 42.1 Å². The van der Waals surface area contributed by atoms with Crippen molar-refractivity contribution in [2.24, 2.45) is 0 Å². The number of nitrogens with zero attached hydrogens (tertiary/aromatic N) is 3. The van der Waals surface area contributed by atoms with E-state index in [0.717, 1.165) is 11.3 Å². The number of rotatable bonds is 8. The van der Waals surface area contributed by atoms with Crippen molar-refractivity contribution in [3.8, 4) is 11.3 Å². The zero-order valence-electron chi connectivity index (χ0n) is 17.3. The van der Waals surface area contributed by atoms with Crippen LogP contribution in [0.2, 0.25) is 0 Å². The number of hydrogen-bond donors (Lipinski definition) is 2. The van der Waals surface area contributed by atoms with Gasteiger partial charge in [-0.05, 0) is 48.0 Å². The Kier molecular flexibility index (Phi) is 6.77. The van der Waals surface area contributed by atoms with E-state index in [1.165, 1.54) is 6.07 Å². The Bertz CT molecular complexity index is 1190. The second-order valence-corrected chi connectivity index (χ2v) is 7.11. The number of nitrogens with one attached hydrogen (secondary N) is 2. The summed E-state index contributed by atoms with van der Waals surface area (Å²) in [7, 11) is 0. The normalized spacial score (nSPS) is 10.5. The van der Waals surface area contributed by atoms with Crippen LogP contribution in [0.1, 0.15) is 21.6 Å². The minimum atomic E-state index is -0.367. The molecule has 0 radical (unpaired) electrons. The smallest absolute Gasteiger partial charge is 0.255 e. The van der Waals surface area contributed by atoms with Crippen molar-refractivity contribution >= 4 is 11.7 Å². The maximum absolute atomic E-state index is 14.3. The minimum Gasteiger partial charge on any atom is -0.369 e. The average molecular weight is 427 g/mol. The van der Waals surface area contributed by atoms with Gasteiger partial charge < -0.3 is 10.6 Å². The van der Waals surface area contributed by atoms with E-state index in [4.69, 9.17) is 0 Å². The van der Waals surface area contributed by atoms with Gasteiger partial charge in [0.25, 0.3) is 5.91 Å². The third kappa shape index (κ3) is 5.31. The van der Waals surface area contributed by atoms with Gasteiger partial charge >= 0.3 is 0 Å². The number of aromatic nitrogens is 3. The van der Waals surface area contributed by atoms with Crippen LogP contribution >= 0.6 is 0 Å². The van der Waals surface area contributed by atoms with Crippen LogP contribution in [0.4, 0.5) is 10.2 Å². The van der Waals surface area contributed by atoms with Crippen molar-refractivity contribution in [2.75, 3.05) is 11.9 Å². The van der Waals surface area contributed by atoms with Gasteiger partial charge in [0.05, 0.1) is 11.3 Å². The molecule has 32 heavy (non-hydrogen) atoms. The Morgan fingerprint density at radius 3 is 2.59 bits per heavy atom. The van der Waals surface area contributed by atoms with Crippen LogP contribution in [-0.4, -0.2) is 27.4 Å². The highest BCUT2D eigenvalue weighted by Gasteiger charge is 2.15. The van der Waals surface area contributed by atoms with Crippen molar-refractivity contribution in [3.63, 3.8) is 0 Å². The Hall–Kier alpha value is -4.13. The highest BCUT2D eigenvalue weighted by atomic mass is 19.1. The molecule has 3 aromatic heterocycles. The van der Waals surface area contributed by atoms with E-state index >= 15 is 0 Å². The predicted octanol–water partition coefficient (Wildman–Crippen LogP) is 4.26. The van der Waals surface area contributed by atoms with Crippen LogP contribution in [0.25, 0.3) is 11.3 Å². The predicted molar refractivity (Wildman–Crippen MR) is 121 cm³/mol. The second kappa shape index (κ2) is 10.3. The summed E-state index contributed by atoms with van der Waals surface area (Å²) in [5.74, 6) is -0.250. The molecule has 0 saturated carbocycles. The zero-order valence-corrected chi connectivity index (χ0v) is 17.3. The van der Waals surface area contributed by atoms with Gasteiger partial charge in [0, 0.05) is 49.4 Å². The second-order valence-electron chi connectivity index (χ2n) is 7.11. The first-order chi connectivity index (χ1) is 15.7. The molecule has 0 atom stereocenters. The van der Waals surface area contributed by atoms with Gasteiger partial charge in [-0.3, -0.25) is 14.8 Å². The van der Waals surface area contributed by atoms with Gasteiger partial charge in [-0.2, -0.15) is 0 Å². The van der Waals surface area contributed by atoms with E-state index < -0.39 is 0 Å². The quantitative estimate of drug-likeness (QED) is 0.439. The molecule has 0 aliphatic carbocycles. The molecule has 6 nitrogen and oxygen atoms in total. The number of halogens is 1. The number of amides is 1. The standard InChI is InChI=1S/C25H22FN5O/c26-22-9-2-1-8-20(22)23-11-10-21(25(32)30-17-18-6-5-13-27-16-18)24(31-23)29-15-12-19-7-3-4-14-28-19/h1-11,13-14,16H,12,15,17H2,(H,29,31)(H,30,32). The van der Waals surface area contributed by atoms with E-state index in [-0.39, 0.29) is 11.7 Å². The number of anilines is 1. The molecule has 0 unspecified atom stereocenters. The summed E-state index contributed by atoms with van der Waals surface area (Å²) in [5, 5.41) is 6.11. The first-order valence-electron chi connectivity index (χ1n) is 10.3. The summed E-state index contributed by atoms with van der Waals surface area (Å²) in [5.41, 5.74) is 3.03. The fraction of sp³-hybridized carbons (Fsp3) is 0.120. The van der Waals surface area contributed by atoms with E-state index in [1.54, 1.807) is 48.9 Å². The van der Waals surface area contributed by atoms with Crippen LogP contribution in [0.15, 0.2) is 85.3 Å². The van der Waals surface area contributed by atoms with Gasteiger partial charge in [0.15, 0.2) is 0 Å². The third-order valence-corrected chi connectivity index (χ3v) is 4.87. The lowest BCUT2D eigenvalue weighted by atomic mass is 10.1. The Balaban J connectivity index is 1.56. The molecule has 0 fully saturated rings. The summed E-state index contributed by atoms with van der Waals surface area (Å²) in [6.07, 6.45) is 5.78. The molecule has 4 rings (SSSR count). The molecular weight excluding hydrogens is 405 g/mol. The first-order valence-corrected chi connectivity index (χ1v) is 10.3. The largest absolute Gasteiger partial charge is 0.369 e. The molecule has 160 valence electrons. The average Bonchev–Trinajstić information content (AvgIpc) is 2.84. The van der Waals surface area contributed by atoms with E-state index in [1.807, 2.05) is 30.3 Å². The van der Waals surface area contributed by atoms with Crippen LogP contribution in [0.3, 0.4) is 0 Å². The number of pyridine rings is 3. The monoisotopic (exact) mass is 427 g/mol. The fourth-order valence-electron chi connectivity index (χ4n) is 3.23. The van der Waals surface area contributed by atoms with Crippen molar-refractivity contribution < 1.29 is 9.18 Å². The lowest BCUT2D eigenvalue weighted by molar-refractivity contribution is 0.0951. The molecule has 2 N–H and O–H groups in total. The minimum absolute atomic E-state index is 0.276. The Labute approximate surface area is 185 Å². The molecule has 0 aliphatic heterocycles. The lowest BCUT2D eigenvalue weighted by Crippen LogP contribution is -2.25. The molecule has 0 spiro atoms. The summed E-state index contributed by atoms with van der Waals surface area (Å²) in [6, 6.07) is 19.2. The van der Waals surface area contributed by atoms with Crippen molar-refractivity contribution in [1.82, 2.24) is 20.3 Å². The number of carbonyl (C=O) groups excluding carboxylic acids is 1. The molecule has 0 aliphatic rings. The summed E-state index contributed by atoms with van der Waals surface area (Å²) in [6.45, 7) is 0.864. The molecule has 3 heterocycles. The maximum Gasteiger partial charge on any atom is 0.255 e. The number of carbonyl (C=O) groups is 1. The highest BCUT2D eigenvalue weighted by Crippen LogP contribution is 2.24. The zero-order chi connectivity index (χ0) is 22.2. The van der Waals surface area contributed by atoms with Gasteiger partial charge in [-0.25, -0.2) is 9.37 Å². The van der Waals surface area contributed by atoms with Crippen molar-refractivity contribution in [1.29, 1.82) is 0 Å². The van der Waals surface area contributed by atoms with E-state index in [2.05, 4.69) is 25.6 Å². The molecule has 7 heteroatoms. The molecule has 1 amide bonds. The highest BCUT2D eigenvalue weighted by molar-refractivity contribution is 5.99. The molecular formula is C25H22FN5O. The first kappa shape index (κ1) is 21.1. The number of benzene rings is 1. The summed E-state index contributed by atoms with van der Waals surface area (Å²) >= 11 is 0. The molecule has 0 bridgehead atoms. The van der Waals surface area contributed by atoms with Crippen LogP contribution in [0, 0.1) is 5.82 Å². The Morgan fingerprint density at radius 1 is 0.938 bits per heavy atom.